The Morgan fingerprint density at radius 3 is 2.60 bits per heavy atom. The molecule has 0 spiro atoms. The first-order valence-electron chi connectivity index (χ1n) is 9.35. The van der Waals surface area contributed by atoms with E-state index in [0.717, 1.165) is 11.3 Å². The topological polar surface area (TPSA) is 74.8 Å². The van der Waals surface area contributed by atoms with Crippen molar-refractivity contribution >= 4 is 35.8 Å². The van der Waals surface area contributed by atoms with Crippen molar-refractivity contribution in [1.82, 2.24) is 16.0 Å². The molecule has 2 aromatic carbocycles. The highest BCUT2D eigenvalue weighted by Gasteiger charge is 2.08. The van der Waals surface area contributed by atoms with Crippen LogP contribution in [0.1, 0.15) is 21.5 Å². The van der Waals surface area contributed by atoms with Crippen LogP contribution in [-0.2, 0) is 6.54 Å². The highest BCUT2D eigenvalue weighted by atomic mass is 127. The van der Waals surface area contributed by atoms with Gasteiger partial charge in [0.25, 0.3) is 5.91 Å². The summed E-state index contributed by atoms with van der Waals surface area (Å²) in [5.74, 6) is 0.673. The van der Waals surface area contributed by atoms with E-state index in [0.29, 0.717) is 43.3 Å². The molecule has 8 heteroatoms. The number of hydrogen-bond donors (Lipinski definition) is 3. The average Bonchev–Trinajstić information content (AvgIpc) is 2.74. The lowest BCUT2D eigenvalue weighted by atomic mass is 10.1. The third kappa shape index (κ3) is 8.02. The quantitative estimate of drug-likeness (QED) is 0.154. The van der Waals surface area contributed by atoms with E-state index in [1.54, 1.807) is 32.2 Å². The van der Waals surface area contributed by atoms with Crippen LogP contribution in [0, 0.1) is 12.7 Å². The van der Waals surface area contributed by atoms with E-state index >= 15 is 0 Å². The fraction of sp³-hybridized carbons (Fsp3) is 0.273. The number of rotatable bonds is 9. The SMILES string of the molecule is C=CCOc1ccccc1CNC(=NC)NCCNC(=O)c1ccc(C)c(F)c1.I. The molecule has 0 saturated heterocycles. The van der Waals surface area contributed by atoms with Crippen LogP contribution in [0.25, 0.3) is 0 Å². The van der Waals surface area contributed by atoms with Gasteiger partial charge in [-0.3, -0.25) is 9.79 Å². The second kappa shape index (κ2) is 13.6. The molecule has 6 nitrogen and oxygen atoms in total. The van der Waals surface area contributed by atoms with Crippen LogP contribution in [-0.4, -0.2) is 38.6 Å². The Morgan fingerprint density at radius 2 is 1.90 bits per heavy atom. The number of aryl methyl sites for hydroxylation is 1. The zero-order chi connectivity index (χ0) is 21.1. The van der Waals surface area contributed by atoms with Gasteiger partial charge in [-0.05, 0) is 30.7 Å². The Morgan fingerprint density at radius 1 is 1.17 bits per heavy atom. The number of para-hydroxylation sites is 1. The van der Waals surface area contributed by atoms with Crippen LogP contribution >= 0.6 is 24.0 Å². The van der Waals surface area contributed by atoms with E-state index in [-0.39, 0.29) is 29.9 Å². The summed E-state index contributed by atoms with van der Waals surface area (Å²) in [5.41, 5.74) is 1.80. The molecule has 30 heavy (non-hydrogen) atoms. The molecule has 1 amide bonds. The number of nitrogens with one attached hydrogen (secondary N) is 3. The Labute approximate surface area is 194 Å². The Bertz CT molecular complexity index is 874. The molecule has 0 unspecified atom stereocenters. The molecule has 0 fully saturated rings. The number of benzene rings is 2. The number of hydrogen-bond acceptors (Lipinski definition) is 3. The zero-order valence-corrected chi connectivity index (χ0v) is 19.5. The number of aliphatic imine (C=N–C) groups is 1. The van der Waals surface area contributed by atoms with Crippen molar-refractivity contribution in [2.45, 2.75) is 13.5 Å². The molecule has 0 atom stereocenters. The summed E-state index contributed by atoms with van der Waals surface area (Å²) in [5, 5.41) is 9.08. The predicted molar refractivity (Wildman–Crippen MR) is 129 cm³/mol. The van der Waals surface area contributed by atoms with Gasteiger partial charge in [0, 0.05) is 37.8 Å². The molecular weight excluding hydrogens is 498 g/mol. The first-order chi connectivity index (χ1) is 14.0. The molecule has 0 aliphatic heterocycles. The van der Waals surface area contributed by atoms with Crippen LogP contribution in [0.15, 0.2) is 60.1 Å². The molecule has 162 valence electrons. The molecule has 2 rings (SSSR count). The van der Waals surface area contributed by atoms with Crippen LogP contribution in [0.2, 0.25) is 0 Å². The number of amides is 1. The number of carbonyl (C=O) groups excluding carboxylic acids is 1. The first-order valence-corrected chi connectivity index (χ1v) is 9.35. The minimum absolute atomic E-state index is 0. The molecule has 0 saturated carbocycles. The number of nitrogens with zero attached hydrogens (tertiary/aromatic N) is 1. The predicted octanol–water partition coefficient (Wildman–Crippen LogP) is 3.41. The fourth-order valence-electron chi connectivity index (χ4n) is 2.53. The van der Waals surface area contributed by atoms with Crippen molar-refractivity contribution < 1.29 is 13.9 Å². The normalized spacial score (nSPS) is 10.6. The molecule has 0 bridgehead atoms. The van der Waals surface area contributed by atoms with Crippen molar-refractivity contribution in [2.24, 2.45) is 4.99 Å². The zero-order valence-electron chi connectivity index (χ0n) is 17.2. The lowest BCUT2D eigenvalue weighted by Crippen LogP contribution is -2.41. The molecule has 0 radical (unpaired) electrons. The van der Waals surface area contributed by atoms with Crippen molar-refractivity contribution in [2.75, 3.05) is 26.7 Å². The molecule has 3 N–H and O–H groups in total. The summed E-state index contributed by atoms with van der Waals surface area (Å²) in [6.45, 7) is 7.12. The van der Waals surface area contributed by atoms with Gasteiger partial charge in [-0.15, -0.1) is 24.0 Å². The molecule has 0 heterocycles. The van der Waals surface area contributed by atoms with Gasteiger partial charge in [-0.1, -0.05) is 36.9 Å². The van der Waals surface area contributed by atoms with Gasteiger partial charge in [-0.25, -0.2) is 4.39 Å². The maximum Gasteiger partial charge on any atom is 0.251 e. The number of ether oxygens (including phenoxy) is 1. The monoisotopic (exact) mass is 526 g/mol. The lowest BCUT2D eigenvalue weighted by Gasteiger charge is -2.14. The van der Waals surface area contributed by atoms with Crippen LogP contribution in [0.5, 0.6) is 5.75 Å². The van der Waals surface area contributed by atoms with Crippen LogP contribution < -0.4 is 20.7 Å². The summed E-state index contributed by atoms with van der Waals surface area (Å²) in [7, 11) is 1.67. The highest BCUT2D eigenvalue weighted by Crippen LogP contribution is 2.17. The van der Waals surface area contributed by atoms with Gasteiger partial charge in [0.15, 0.2) is 5.96 Å². The van der Waals surface area contributed by atoms with Gasteiger partial charge in [0.1, 0.15) is 18.2 Å². The van der Waals surface area contributed by atoms with Gasteiger partial charge in [-0.2, -0.15) is 0 Å². The second-order valence-corrected chi connectivity index (χ2v) is 6.28. The minimum Gasteiger partial charge on any atom is -0.489 e. The average molecular weight is 526 g/mol. The maximum atomic E-state index is 13.6. The van der Waals surface area contributed by atoms with Crippen molar-refractivity contribution in [1.29, 1.82) is 0 Å². The highest BCUT2D eigenvalue weighted by molar-refractivity contribution is 14.0. The Hall–Kier alpha value is -2.62. The largest absolute Gasteiger partial charge is 0.489 e. The molecular formula is C22H28FIN4O2. The van der Waals surface area contributed by atoms with Gasteiger partial charge < -0.3 is 20.7 Å². The summed E-state index contributed by atoms with van der Waals surface area (Å²) in [4.78, 5) is 16.3. The van der Waals surface area contributed by atoms with E-state index in [1.165, 1.54) is 6.07 Å². The smallest absolute Gasteiger partial charge is 0.251 e. The number of guanidine groups is 1. The van der Waals surface area contributed by atoms with Crippen molar-refractivity contribution in [3.8, 4) is 5.75 Å². The summed E-state index contributed by atoms with van der Waals surface area (Å²) >= 11 is 0. The fourth-order valence-corrected chi connectivity index (χ4v) is 2.53. The van der Waals surface area contributed by atoms with Gasteiger partial charge in [0.05, 0.1) is 0 Å². The lowest BCUT2D eigenvalue weighted by molar-refractivity contribution is 0.0954. The Kier molecular flexibility index (Phi) is 11.5. The number of halogens is 2. The van der Waals surface area contributed by atoms with Crippen molar-refractivity contribution in [3.05, 3.63) is 77.6 Å². The van der Waals surface area contributed by atoms with E-state index < -0.39 is 5.82 Å². The van der Waals surface area contributed by atoms with Gasteiger partial charge in [0.2, 0.25) is 0 Å². The molecule has 0 aliphatic carbocycles. The van der Waals surface area contributed by atoms with Crippen LogP contribution in [0.3, 0.4) is 0 Å². The molecule has 0 aromatic heterocycles. The summed E-state index contributed by atoms with van der Waals surface area (Å²) < 4.78 is 19.2. The van der Waals surface area contributed by atoms with Crippen LogP contribution in [0.4, 0.5) is 4.39 Å². The van der Waals surface area contributed by atoms with E-state index in [9.17, 15) is 9.18 Å². The number of carbonyl (C=O) groups is 1. The third-order valence-corrected chi connectivity index (χ3v) is 4.14. The third-order valence-electron chi connectivity index (χ3n) is 4.14. The van der Waals surface area contributed by atoms with E-state index in [2.05, 4.69) is 27.5 Å². The van der Waals surface area contributed by atoms with E-state index in [1.807, 2.05) is 24.3 Å². The minimum atomic E-state index is -0.391. The van der Waals surface area contributed by atoms with Crippen molar-refractivity contribution in [3.63, 3.8) is 0 Å². The van der Waals surface area contributed by atoms with E-state index in [4.69, 9.17) is 4.74 Å². The standard InChI is InChI=1S/C22H27FN4O2.HI/c1-4-13-29-20-8-6-5-7-18(20)15-27-22(24-3)26-12-11-25-21(28)17-10-9-16(2)19(23)14-17;/h4-10,14H,1,11-13,15H2,2-3H3,(H,25,28)(H2,24,26,27);1H. The summed E-state index contributed by atoms with van der Waals surface area (Å²) in [6, 6.07) is 12.2. The second-order valence-electron chi connectivity index (χ2n) is 6.28. The Balaban J connectivity index is 0.00000450. The van der Waals surface area contributed by atoms with Gasteiger partial charge >= 0.3 is 0 Å². The summed E-state index contributed by atoms with van der Waals surface area (Å²) in [6.07, 6.45) is 1.70. The molecule has 0 aliphatic rings. The first kappa shape index (κ1) is 25.4. The maximum absolute atomic E-state index is 13.6. The molecule has 2 aromatic rings.